The van der Waals surface area contributed by atoms with E-state index in [1.54, 1.807) is 25.3 Å². The Bertz CT molecular complexity index is 395. The van der Waals surface area contributed by atoms with Gasteiger partial charge in [0.25, 0.3) is 0 Å². The molecule has 1 rings (SSSR count). The number of hydrogen-bond acceptors (Lipinski definition) is 5. The Hall–Kier alpha value is -1.08. The van der Waals surface area contributed by atoms with Gasteiger partial charge in [0, 0.05) is 6.61 Å². The van der Waals surface area contributed by atoms with E-state index in [4.69, 9.17) is 14.2 Å². The predicted octanol–water partition coefficient (Wildman–Crippen LogP) is 0.564. The van der Waals surface area contributed by atoms with Crippen LogP contribution in [0, 0.1) is 5.92 Å². The van der Waals surface area contributed by atoms with Crippen LogP contribution in [0.2, 0.25) is 0 Å². The molecule has 1 aromatic rings. The summed E-state index contributed by atoms with van der Waals surface area (Å²) in [5.74, 6) is 1.16. The number of ether oxygens (including phenoxy) is 3. The molecule has 0 saturated heterocycles. The molecule has 112 valence electrons. The fraction of sp³-hybridized carbons (Fsp3) is 0.571. The third-order valence-electron chi connectivity index (χ3n) is 2.71. The summed E-state index contributed by atoms with van der Waals surface area (Å²) in [6.45, 7) is 6.17. The summed E-state index contributed by atoms with van der Waals surface area (Å²) in [5.41, 5.74) is 1.12. The van der Waals surface area contributed by atoms with Crippen LogP contribution in [0.25, 0.3) is 0 Å². The van der Waals surface area contributed by atoms with Crippen LogP contribution in [-0.2, 0) is 16.1 Å². The number of methoxy groups -OCH3 is 1. The molecule has 0 fully saturated rings. The highest BCUT2D eigenvalue weighted by atomic mass is 16.5. The Morgan fingerprint density at radius 2 is 1.85 bits per heavy atom. The molecule has 1 aromatic carbocycles. The van der Waals surface area contributed by atoms with Crippen molar-refractivity contribution in [1.82, 2.24) is 0 Å². The van der Waals surface area contributed by atoms with Gasteiger partial charge in [-0.2, -0.15) is 0 Å². The first-order chi connectivity index (χ1) is 9.54. The van der Waals surface area contributed by atoms with Gasteiger partial charge in [-0.25, -0.2) is 0 Å². The van der Waals surface area contributed by atoms with Crippen LogP contribution in [-0.4, -0.2) is 44.1 Å². The van der Waals surface area contributed by atoms with E-state index in [2.05, 4.69) is 13.8 Å². The van der Waals surface area contributed by atoms with Crippen LogP contribution >= 0.6 is 0 Å². The lowest BCUT2D eigenvalue weighted by atomic mass is 9.77. The first-order valence-corrected chi connectivity index (χ1v) is 6.73. The minimum absolute atomic E-state index is 0.287. The van der Waals surface area contributed by atoms with Crippen molar-refractivity contribution in [2.24, 2.45) is 5.92 Å². The average Bonchev–Trinajstić information content (AvgIpc) is 2.41. The minimum atomic E-state index is -1.52. The highest BCUT2D eigenvalue weighted by molar-refractivity contribution is 6.59. The Labute approximate surface area is 120 Å². The lowest BCUT2D eigenvalue weighted by Gasteiger charge is -2.12. The zero-order valence-electron chi connectivity index (χ0n) is 12.3. The molecular formula is C14H23BO5. The molecule has 2 N–H and O–H groups in total. The number of benzene rings is 1. The van der Waals surface area contributed by atoms with Crippen LogP contribution < -0.4 is 10.2 Å². The smallest absolute Gasteiger partial charge is 0.488 e. The van der Waals surface area contributed by atoms with E-state index in [1.165, 1.54) is 0 Å². The normalized spacial score (nSPS) is 10.9. The van der Waals surface area contributed by atoms with Gasteiger partial charge in [0.2, 0.25) is 0 Å². The monoisotopic (exact) mass is 282 g/mol. The fourth-order valence-corrected chi connectivity index (χ4v) is 1.70. The summed E-state index contributed by atoms with van der Waals surface area (Å²) >= 11 is 0. The summed E-state index contributed by atoms with van der Waals surface area (Å²) in [6, 6.07) is 5.05. The van der Waals surface area contributed by atoms with E-state index in [0.29, 0.717) is 42.5 Å². The fourth-order valence-electron chi connectivity index (χ4n) is 1.70. The summed E-state index contributed by atoms with van der Waals surface area (Å²) in [6.07, 6.45) is 0. The van der Waals surface area contributed by atoms with Gasteiger partial charge in [0.1, 0.15) is 5.75 Å². The summed E-state index contributed by atoms with van der Waals surface area (Å²) in [5, 5.41) is 18.6. The Balaban J connectivity index is 2.45. The molecule has 20 heavy (non-hydrogen) atoms. The molecule has 6 heteroatoms. The van der Waals surface area contributed by atoms with Gasteiger partial charge in [-0.1, -0.05) is 19.9 Å². The van der Waals surface area contributed by atoms with E-state index >= 15 is 0 Å². The van der Waals surface area contributed by atoms with Crippen LogP contribution in [0.1, 0.15) is 19.4 Å². The molecule has 0 heterocycles. The van der Waals surface area contributed by atoms with E-state index in [0.717, 1.165) is 0 Å². The zero-order chi connectivity index (χ0) is 15.0. The van der Waals surface area contributed by atoms with Crippen LogP contribution in [0.4, 0.5) is 0 Å². The molecule has 0 aliphatic carbocycles. The molecule has 0 bridgehead atoms. The van der Waals surface area contributed by atoms with Gasteiger partial charge in [-0.05, 0) is 29.1 Å². The van der Waals surface area contributed by atoms with Crippen molar-refractivity contribution in [2.45, 2.75) is 20.5 Å². The summed E-state index contributed by atoms with van der Waals surface area (Å²) in [7, 11) is 0.0473. The van der Waals surface area contributed by atoms with E-state index in [-0.39, 0.29) is 6.61 Å². The van der Waals surface area contributed by atoms with Gasteiger partial charge in [0.15, 0.2) is 0 Å². The SMILES string of the molecule is COc1ccc(B(O)O)c(COCCOCC(C)C)c1. The maximum atomic E-state index is 9.30. The molecule has 0 aliphatic rings. The van der Waals surface area contributed by atoms with E-state index in [9.17, 15) is 10.0 Å². The van der Waals surface area contributed by atoms with Crippen molar-refractivity contribution in [3.05, 3.63) is 23.8 Å². The zero-order valence-corrected chi connectivity index (χ0v) is 12.3. The minimum Gasteiger partial charge on any atom is -0.497 e. The number of rotatable bonds is 9. The Morgan fingerprint density at radius 3 is 2.45 bits per heavy atom. The quantitative estimate of drug-likeness (QED) is 0.512. The Kier molecular flexibility index (Phi) is 7.61. The molecule has 0 spiro atoms. The van der Waals surface area contributed by atoms with Gasteiger partial charge in [-0.3, -0.25) is 0 Å². The third kappa shape index (κ3) is 5.92. The molecule has 0 saturated carbocycles. The van der Waals surface area contributed by atoms with Gasteiger partial charge in [-0.15, -0.1) is 0 Å². The molecular weight excluding hydrogens is 259 g/mol. The van der Waals surface area contributed by atoms with Crippen LogP contribution in [0.3, 0.4) is 0 Å². The molecule has 0 aromatic heterocycles. The van der Waals surface area contributed by atoms with Gasteiger partial charge >= 0.3 is 7.12 Å². The van der Waals surface area contributed by atoms with Crippen LogP contribution in [0.15, 0.2) is 18.2 Å². The molecule has 0 unspecified atom stereocenters. The Morgan fingerprint density at radius 1 is 1.15 bits per heavy atom. The van der Waals surface area contributed by atoms with Crippen LogP contribution in [0.5, 0.6) is 5.75 Å². The van der Waals surface area contributed by atoms with Crippen molar-refractivity contribution < 1.29 is 24.3 Å². The van der Waals surface area contributed by atoms with Crippen molar-refractivity contribution in [2.75, 3.05) is 26.9 Å². The topological polar surface area (TPSA) is 68.2 Å². The highest BCUT2D eigenvalue weighted by Gasteiger charge is 2.16. The second-order valence-corrected chi connectivity index (χ2v) is 4.96. The highest BCUT2D eigenvalue weighted by Crippen LogP contribution is 2.12. The van der Waals surface area contributed by atoms with E-state index in [1.807, 2.05) is 0 Å². The lowest BCUT2D eigenvalue weighted by Crippen LogP contribution is -2.33. The number of hydrogen-bond donors (Lipinski definition) is 2. The van der Waals surface area contributed by atoms with Crippen molar-refractivity contribution in [1.29, 1.82) is 0 Å². The molecule has 0 atom stereocenters. The van der Waals surface area contributed by atoms with E-state index < -0.39 is 7.12 Å². The average molecular weight is 282 g/mol. The second-order valence-electron chi connectivity index (χ2n) is 4.96. The molecule has 0 aliphatic heterocycles. The second kappa shape index (κ2) is 8.97. The van der Waals surface area contributed by atoms with Crippen molar-refractivity contribution in [3.63, 3.8) is 0 Å². The summed E-state index contributed by atoms with van der Waals surface area (Å²) in [4.78, 5) is 0. The lowest BCUT2D eigenvalue weighted by molar-refractivity contribution is 0.0316. The molecule has 5 nitrogen and oxygen atoms in total. The third-order valence-corrected chi connectivity index (χ3v) is 2.71. The first-order valence-electron chi connectivity index (χ1n) is 6.73. The molecule has 0 radical (unpaired) electrons. The standard InChI is InChI=1S/C14H23BO5/c1-11(2)9-19-6-7-20-10-12-8-13(18-3)4-5-14(12)15(16)17/h4-5,8,11,16-17H,6-7,9-10H2,1-3H3. The molecule has 0 amide bonds. The maximum absolute atomic E-state index is 9.30. The van der Waals surface area contributed by atoms with Gasteiger partial charge < -0.3 is 24.3 Å². The summed E-state index contributed by atoms with van der Waals surface area (Å²) < 4.78 is 16.0. The van der Waals surface area contributed by atoms with Gasteiger partial charge in [0.05, 0.1) is 26.9 Å². The first kappa shape index (κ1) is 17.0. The predicted molar refractivity (Wildman–Crippen MR) is 78.1 cm³/mol. The van der Waals surface area contributed by atoms with Crippen molar-refractivity contribution in [3.8, 4) is 5.75 Å². The van der Waals surface area contributed by atoms with Crippen molar-refractivity contribution >= 4 is 12.6 Å². The largest absolute Gasteiger partial charge is 0.497 e. The maximum Gasteiger partial charge on any atom is 0.488 e.